The molecule has 2 N–H and O–H groups in total. The highest BCUT2D eigenvalue weighted by molar-refractivity contribution is 5.21. The molecular formula is C18H28N2. The SMILES string of the molecule is CC1CCC(CN)C(N2CCC(c3ccccc3)C2)C1. The Kier molecular flexibility index (Phi) is 4.42. The highest BCUT2D eigenvalue weighted by Gasteiger charge is 2.36. The molecule has 3 rings (SSSR count). The molecule has 1 heterocycles. The standard InChI is InChI=1S/C18H28N2/c1-14-7-8-16(12-19)18(11-14)20-10-9-17(13-20)15-5-3-2-4-6-15/h2-6,14,16-18H,7-13,19H2,1H3. The maximum absolute atomic E-state index is 6.03. The maximum Gasteiger partial charge on any atom is 0.0138 e. The number of hydrogen-bond acceptors (Lipinski definition) is 2. The lowest BCUT2D eigenvalue weighted by atomic mass is 9.78. The molecule has 20 heavy (non-hydrogen) atoms. The van der Waals surface area contributed by atoms with Crippen LogP contribution in [0.15, 0.2) is 30.3 Å². The van der Waals surface area contributed by atoms with Crippen LogP contribution < -0.4 is 5.73 Å². The Morgan fingerprint density at radius 1 is 1.15 bits per heavy atom. The van der Waals surface area contributed by atoms with Gasteiger partial charge >= 0.3 is 0 Å². The molecule has 4 unspecified atom stereocenters. The van der Waals surface area contributed by atoms with E-state index < -0.39 is 0 Å². The van der Waals surface area contributed by atoms with Crippen molar-refractivity contribution in [1.82, 2.24) is 4.90 Å². The summed E-state index contributed by atoms with van der Waals surface area (Å²) in [5.41, 5.74) is 7.54. The number of hydrogen-bond donors (Lipinski definition) is 1. The first-order chi connectivity index (χ1) is 9.78. The van der Waals surface area contributed by atoms with Gasteiger partial charge in [0.15, 0.2) is 0 Å². The van der Waals surface area contributed by atoms with Crippen LogP contribution in [0.25, 0.3) is 0 Å². The predicted molar refractivity (Wildman–Crippen MR) is 84.7 cm³/mol. The van der Waals surface area contributed by atoms with Crippen molar-refractivity contribution in [3.05, 3.63) is 35.9 Å². The van der Waals surface area contributed by atoms with Crippen LogP contribution in [0.1, 0.15) is 44.1 Å². The molecule has 1 aliphatic heterocycles. The topological polar surface area (TPSA) is 29.3 Å². The van der Waals surface area contributed by atoms with Crippen molar-refractivity contribution in [3.8, 4) is 0 Å². The molecule has 1 aromatic rings. The highest BCUT2D eigenvalue weighted by atomic mass is 15.2. The van der Waals surface area contributed by atoms with E-state index in [1.807, 2.05) is 0 Å². The fourth-order valence-corrected chi connectivity index (χ4v) is 4.22. The fraction of sp³-hybridized carbons (Fsp3) is 0.667. The van der Waals surface area contributed by atoms with E-state index in [1.165, 1.54) is 44.3 Å². The summed E-state index contributed by atoms with van der Waals surface area (Å²) < 4.78 is 0. The molecule has 0 amide bonds. The summed E-state index contributed by atoms with van der Waals surface area (Å²) in [6, 6.07) is 11.8. The summed E-state index contributed by atoms with van der Waals surface area (Å²) in [5.74, 6) is 2.33. The van der Waals surface area contributed by atoms with Crippen molar-refractivity contribution in [3.63, 3.8) is 0 Å². The lowest BCUT2D eigenvalue weighted by Gasteiger charge is -2.40. The van der Waals surface area contributed by atoms with Crippen molar-refractivity contribution in [1.29, 1.82) is 0 Å². The van der Waals surface area contributed by atoms with E-state index in [4.69, 9.17) is 5.73 Å². The maximum atomic E-state index is 6.03. The second-order valence-electron chi connectivity index (χ2n) is 6.87. The summed E-state index contributed by atoms with van der Waals surface area (Å²) in [6.07, 6.45) is 5.36. The van der Waals surface area contributed by atoms with E-state index in [-0.39, 0.29) is 0 Å². The molecule has 2 fully saturated rings. The Bertz CT molecular complexity index is 417. The summed E-state index contributed by atoms with van der Waals surface area (Å²) in [5, 5.41) is 0. The molecule has 0 aromatic heterocycles. The van der Waals surface area contributed by atoms with Gasteiger partial charge < -0.3 is 5.73 Å². The van der Waals surface area contributed by atoms with Gasteiger partial charge in [-0.1, -0.05) is 43.7 Å². The summed E-state index contributed by atoms with van der Waals surface area (Å²) in [4.78, 5) is 2.74. The Morgan fingerprint density at radius 3 is 2.70 bits per heavy atom. The van der Waals surface area contributed by atoms with Gasteiger partial charge in [-0.2, -0.15) is 0 Å². The quantitative estimate of drug-likeness (QED) is 0.915. The molecule has 1 saturated carbocycles. The molecule has 2 heteroatoms. The van der Waals surface area contributed by atoms with Gasteiger partial charge in [-0.15, -0.1) is 0 Å². The van der Waals surface area contributed by atoms with Crippen molar-refractivity contribution in [2.75, 3.05) is 19.6 Å². The van der Waals surface area contributed by atoms with Gasteiger partial charge in [0.05, 0.1) is 0 Å². The van der Waals surface area contributed by atoms with E-state index in [2.05, 4.69) is 42.2 Å². The molecule has 0 bridgehead atoms. The van der Waals surface area contributed by atoms with Crippen LogP contribution in [0, 0.1) is 11.8 Å². The summed E-state index contributed by atoms with van der Waals surface area (Å²) in [7, 11) is 0. The zero-order chi connectivity index (χ0) is 13.9. The van der Waals surface area contributed by atoms with Crippen molar-refractivity contribution < 1.29 is 0 Å². The monoisotopic (exact) mass is 272 g/mol. The lowest BCUT2D eigenvalue weighted by Crippen LogP contribution is -2.45. The third kappa shape index (κ3) is 2.91. The summed E-state index contributed by atoms with van der Waals surface area (Å²) >= 11 is 0. The molecule has 0 spiro atoms. The van der Waals surface area contributed by atoms with E-state index >= 15 is 0 Å². The van der Waals surface area contributed by atoms with Crippen LogP contribution in [0.3, 0.4) is 0 Å². The first-order valence-electron chi connectivity index (χ1n) is 8.27. The van der Waals surface area contributed by atoms with Gasteiger partial charge in [0.2, 0.25) is 0 Å². The summed E-state index contributed by atoms with van der Waals surface area (Å²) in [6.45, 7) is 5.76. The molecule has 2 aliphatic rings. The van der Waals surface area contributed by atoms with Crippen molar-refractivity contribution in [2.45, 2.75) is 44.6 Å². The van der Waals surface area contributed by atoms with E-state index in [1.54, 1.807) is 0 Å². The smallest absolute Gasteiger partial charge is 0.0138 e. The van der Waals surface area contributed by atoms with E-state index in [0.29, 0.717) is 0 Å². The Labute approximate surface area is 123 Å². The van der Waals surface area contributed by atoms with Gasteiger partial charge in [-0.3, -0.25) is 4.90 Å². The second-order valence-corrected chi connectivity index (χ2v) is 6.87. The number of nitrogens with two attached hydrogens (primary N) is 1. The molecule has 110 valence electrons. The molecule has 2 nitrogen and oxygen atoms in total. The van der Waals surface area contributed by atoms with Crippen molar-refractivity contribution >= 4 is 0 Å². The highest BCUT2D eigenvalue weighted by Crippen LogP contribution is 2.36. The van der Waals surface area contributed by atoms with Gasteiger partial charge in [-0.25, -0.2) is 0 Å². The average molecular weight is 272 g/mol. The first kappa shape index (κ1) is 14.1. The zero-order valence-electron chi connectivity index (χ0n) is 12.7. The van der Waals surface area contributed by atoms with Crippen LogP contribution in [0.4, 0.5) is 0 Å². The third-order valence-corrected chi connectivity index (χ3v) is 5.48. The van der Waals surface area contributed by atoms with E-state index in [0.717, 1.165) is 30.3 Å². The molecule has 1 saturated heterocycles. The first-order valence-corrected chi connectivity index (χ1v) is 8.27. The third-order valence-electron chi connectivity index (χ3n) is 5.48. The number of benzene rings is 1. The molecule has 1 aliphatic carbocycles. The Hall–Kier alpha value is -0.860. The van der Waals surface area contributed by atoms with Crippen LogP contribution in [0.2, 0.25) is 0 Å². The fourth-order valence-electron chi connectivity index (χ4n) is 4.22. The van der Waals surface area contributed by atoms with Crippen LogP contribution >= 0.6 is 0 Å². The van der Waals surface area contributed by atoms with Gasteiger partial charge in [-0.05, 0) is 55.7 Å². The minimum absolute atomic E-state index is 0.723. The lowest BCUT2D eigenvalue weighted by molar-refractivity contribution is 0.106. The molecular weight excluding hydrogens is 244 g/mol. The predicted octanol–water partition coefficient (Wildman–Crippen LogP) is 3.24. The Balaban J connectivity index is 1.66. The number of likely N-dealkylation sites (tertiary alicyclic amines) is 1. The second kappa shape index (κ2) is 6.28. The van der Waals surface area contributed by atoms with Gasteiger partial charge in [0.1, 0.15) is 0 Å². The average Bonchev–Trinajstić information content (AvgIpc) is 2.98. The van der Waals surface area contributed by atoms with E-state index in [9.17, 15) is 0 Å². The van der Waals surface area contributed by atoms with Crippen LogP contribution in [0.5, 0.6) is 0 Å². The molecule has 0 radical (unpaired) electrons. The van der Waals surface area contributed by atoms with Gasteiger partial charge in [0.25, 0.3) is 0 Å². The zero-order valence-corrected chi connectivity index (χ0v) is 12.7. The van der Waals surface area contributed by atoms with Crippen LogP contribution in [-0.4, -0.2) is 30.6 Å². The minimum Gasteiger partial charge on any atom is -0.330 e. The van der Waals surface area contributed by atoms with Gasteiger partial charge in [0, 0.05) is 12.6 Å². The minimum atomic E-state index is 0.723. The largest absolute Gasteiger partial charge is 0.330 e. The Morgan fingerprint density at radius 2 is 1.95 bits per heavy atom. The number of rotatable bonds is 3. The number of nitrogens with zero attached hydrogens (tertiary/aromatic N) is 1. The van der Waals surface area contributed by atoms with Crippen molar-refractivity contribution in [2.24, 2.45) is 17.6 Å². The molecule has 1 aromatic carbocycles. The van der Waals surface area contributed by atoms with Crippen LogP contribution in [-0.2, 0) is 0 Å². The molecule has 4 atom stereocenters. The normalized spacial score (nSPS) is 35.3.